The van der Waals surface area contributed by atoms with Crippen molar-refractivity contribution in [3.05, 3.63) is 141 Å². The first-order chi connectivity index (χ1) is 21.2. The second-order valence-corrected chi connectivity index (χ2v) is 11.0. The number of fused-ring (bicyclic) bond motifs is 5. The van der Waals surface area contributed by atoms with Crippen molar-refractivity contribution >= 4 is 27.1 Å². The van der Waals surface area contributed by atoms with E-state index in [1.54, 1.807) is 17.8 Å². The van der Waals surface area contributed by atoms with Crippen LogP contribution in [0.2, 0.25) is 0 Å². The van der Waals surface area contributed by atoms with Gasteiger partial charge >= 0.3 is 0 Å². The van der Waals surface area contributed by atoms with Crippen molar-refractivity contribution in [2.45, 2.75) is 52.2 Å². The van der Waals surface area contributed by atoms with Gasteiger partial charge < -0.3 is 9.47 Å². The van der Waals surface area contributed by atoms with Gasteiger partial charge in [-0.3, -0.25) is 4.79 Å². The van der Waals surface area contributed by atoms with Gasteiger partial charge in [0.25, 0.3) is 5.56 Å². The van der Waals surface area contributed by atoms with E-state index in [4.69, 9.17) is 9.47 Å². The minimum absolute atomic E-state index is 0.136. The van der Waals surface area contributed by atoms with Gasteiger partial charge in [-0.05, 0) is 90.6 Å². The quantitative estimate of drug-likeness (QED) is 0.199. The normalized spacial score (nSPS) is 14.0. The minimum atomic E-state index is -0.283. The van der Waals surface area contributed by atoms with Crippen LogP contribution in [-0.2, 0) is 22.3 Å². The molecule has 0 fully saturated rings. The Morgan fingerprint density at radius 1 is 0.837 bits per heavy atom. The summed E-state index contributed by atoms with van der Waals surface area (Å²) in [5.41, 5.74) is 9.80. The van der Waals surface area contributed by atoms with E-state index in [0.717, 1.165) is 23.8 Å². The van der Waals surface area contributed by atoms with Crippen LogP contribution in [0.15, 0.2) is 108 Å². The van der Waals surface area contributed by atoms with Crippen LogP contribution < -0.4 is 5.56 Å². The largest absolute Gasteiger partial charge is 0.349 e. The van der Waals surface area contributed by atoms with E-state index in [1.807, 2.05) is 32.0 Å². The van der Waals surface area contributed by atoms with Gasteiger partial charge in [-0.2, -0.15) is 5.10 Å². The van der Waals surface area contributed by atoms with Gasteiger partial charge in [0.15, 0.2) is 6.29 Å². The summed E-state index contributed by atoms with van der Waals surface area (Å²) in [4.78, 5) is 11.1. The van der Waals surface area contributed by atoms with Gasteiger partial charge in [0.05, 0.1) is 6.20 Å². The molecule has 0 radical (unpaired) electrons. The zero-order valence-electron chi connectivity index (χ0n) is 24.9. The molecule has 0 unspecified atom stereocenters. The fourth-order valence-corrected chi connectivity index (χ4v) is 6.31. The number of rotatable bonds is 7. The highest BCUT2D eigenvalue weighted by molar-refractivity contribution is 5.96. The molecule has 0 saturated carbocycles. The van der Waals surface area contributed by atoms with Gasteiger partial charge in [0.2, 0.25) is 0 Å². The summed E-state index contributed by atoms with van der Waals surface area (Å²) in [6, 6.07) is 27.5. The fraction of sp³-hybridized carbons (Fsp3) is 0.263. The standard InChI is InChI=1S/C30H32O2.C8H6N2O/c1-3-31-30(32-4-2)24-14-12-21(13-15-24)20-25-10-7-9-23-17-18-27-26-11-6-5-8-22(26)16-19-28(27)29(23)25;11-8-7-4-2-1-3-6(7)5-9-10-8/h6-7,9-15,17-18,30H,3-5,8,16,19-20H2,1-2H3;1-5H,(H,10,11). The van der Waals surface area contributed by atoms with Crippen LogP contribution in [0.3, 0.4) is 0 Å². The topological polar surface area (TPSA) is 64.2 Å². The molecule has 43 heavy (non-hydrogen) atoms. The van der Waals surface area contributed by atoms with Gasteiger partial charge in [0, 0.05) is 29.5 Å². The lowest BCUT2D eigenvalue weighted by Gasteiger charge is -2.26. The average molecular weight is 571 g/mol. The predicted molar refractivity (Wildman–Crippen MR) is 175 cm³/mol. The van der Waals surface area contributed by atoms with Crippen LogP contribution in [0, 0.1) is 0 Å². The number of aryl methyl sites for hydroxylation is 1. The third-order valence-corrected chi connectivity index (χ3v) is 8.34. The molecular formula is C38H38N2O3. The van der Waals surface area contributed by atoms with Crippen LogP contribution in [0.4, 0.5) is 0 Å². The highest BCUT2D eigenvalue weighted by atomic mass is 16.7. The molecule has 2 aliphatic carbocycles. The molecule has 0 saturated heterocycles. The first kappa shape index (κ1) is 28.8. The lowest BCUT2D eigenvalue weighted by atomic mass is 9.78. The minimum Gasteiger partial charge on any atom is -0.349 e. The zero-order valence-corrected chi connectivity index (χ0v) is 24.9. The molecule has 7 rings (SSSR count). The Kier molecular flexibility index (Phi) is 8.92. The summed E-state index contributed by atoms with van der Waals surface area (Å²) in [6.45, 7) is 5.29. The van der Waals surface area contributed by atoms with E-state index in [1.165, 1.54) is 57.9 Å². The van der Waals surface area contributed by atoms with Crippen molar-refractivity contribution in [2.24, 2.45) is 0 Å². The van der Waals surface area contributed by atoms with Gasteiger partial charge in [-0.15, -0.1) is 0 Å². The number of nitrogens with one attached hydrogen (secondary N) is 1. The molecule has 1 N–H and O–H groups in total. The second-order valence-electron chi connectivity index (χ2n) is 11.0. The first-order valence-electron chi connectivity index (χ1n) is 15.3. The van der Waals surface area contributed by atoms with Crippen molar-refractivity contribution < 1.29 is 9.47 Å². The number of benzene rings is 4. The highest BCUT2D eigenvalue weighted by Crippen LogP contribution is 2.41. The summed E-state index contributed by atoms with van der Waals surface area (Å²) in [7, 11) is 0. The maximum Gasteiger partial charge on any atom is 0.272 e. The van der Waals surface area contributed by atoms with Crippen LogP contribution in [0.5, 0.6) is 0 Å². The first-order valence-corrected chi connectivity index (χ1v) is 15.3. The van der Waals surface area contributed by atoms with Gasteiger partial charge in [-0.25, -0.2) is 5.10 Å². The summed E-state index contributed by atoms with van der Waals surface area (Å²) in [5.74, 6) is 0. The second kappa shape index (κ2) is 13.3. The molecule has 5 heteroatoms. The van der Waals surface area contributed by atoms with E-state index in [2.05, 4.69) is 76.9 Å². The molecule has 0 aliphatic heterocycles. The number of nitrogens with zero attached hydrogens (tertiary/aromatic N) is 1. The molecule has 5 nitrogen and oxygen atoms in total. The Morgan fingerprint density at radius 2 is 1.63 bits per heavy atom. The number of aromatic nitrogens is 2. The maximum atomic E-state index is 11.1. The molecular weight excluding hydrogens is 532 g/mol. The van der Waals surface area contributed by atoms with Gasteiger partial charge in [0.1, 0.15) is 0 Å². The summed E-state index contributed by atoms with van der Waals surface area (Å²) < 4.78 is 11.5. The number of H-pyrrole nitrogens is 1. The Morgan fingerprint density at radius 3 is 2.42 bits per heavy atom. The number of hydrogen-bond acceptors (Lipinski definition) is 4. The van der Waals surface area contributed by atoms with Crippen LogP contribution >= 0.6 is 0 Å². The molecule has 0 amide bonds. The molecule has 0 spiro atoms. The Balaban J connectivity index is 0.000000250. The van der Waals surface area contributed by atoms with E-state index >= 15 is 0 Å². The third-order valence-electron chi connectivity index (χ3n) is 8.34. The van der Waals surface area contributed by atoms with Gasteiger partial charge in [-0.1, -0.05) is 90.5 Å². The lowest BCUT2D eigenvalue weighted by Crippen LogP contribution is -2.09. The Bertz CT molecular complexity index is 1840. The van der Waals surface area contributed by atoms with Crippen LogP contribution in [-0.4, -0.2) is 23.4 Å². The van der Waals surface area contributed by atoms with Crippen molar-refractivity contribution in [1.82, 2.24) is 10.2 Å². The van der Waals surface area contributed by atoms with Crippen molar-refractivity contribution in [3.8, 4) is 0 Å². The third kappa shape index (κ3) is 6.24. The SMILES string of the molecule is CCOC(OCC)c1ccc(Cc2cccc3ccc4c(c23)CCC2=C4C=CCC2)cc1.O=c1[nH]ncc2ccccc12. The number of allylic oxidation sites excluding steroid dienone is 4. The molecule has 4 aromatic carbocycles. The number of ether oxygens (including phenoxy) is 2. The molecule has 1 aromatic heterocycles. The smallest absolute Gasteiger partial charge is 0.272 e. The summed E-state index contributed by atoms with van der Waals surface area (Å²) in [5, 5.41) is 10.4. The molecule has 1 heterocycles. The predicted octanol–water partition coefficient (Wildman–Crippen LogP) is 8.48. The van der Waals surface area contributed by atoms with Crippen molar-refractivity contribution in [1.29, 1.82) is 0 Å². The van der Waals surface area contributed by atoms with E-state index < -0.39 is 0 Å². The van der Waals surface area contributed by atoms with E-state index in [0.29, 0.717) is 18.6 Å². The highest BCUT2D eigenvalue weighted by Gasteiger charge is 2.22. The lowest BCUT2D eigenvalue weighted by molar-refractivity contribution is -0.140. The fourth-order valence-electron chi connectivity index (χ4n) is 6.31. The molecule has 0 atom stereocenters. The number of aromatic amines is 1. The van der Waals surface area contributed by atoms with Crippen LogP contribution in [0.25, 0.3) is 27.1 Å². The van der Waals surface area contributed by atoms with E-state index in [9.17, 15) is 4.79 Å². The van der Waals surface area contributed by atoms with E-state index in [-0.39, 0.29) is 11.8 Å². The monoisotopic (exact) mass is 570 g/mol. The zero-order chi connectivity index (χ0) is 29.6. The summed E-state index contributed by atoms with van der Waals surface area (Å²) in [6.07, 6.45) is 11.7. The molecule has 2 aliphatic rings. The van der Waals surface area contributed by atoms with Crippen molar-refractivity contribution in [3.63, 3.8) is 0 Å². The maximum absolute atomic E-state index is 11.1. The Hall–Kier alpha value is -4.32. The average Bonchev–Trinajstić information content (AvgIpc) is 3.05. The molecule has 5 aromatic rings. The van der Waals surface area contributed by atoms with Crippen molar-refractivity contribution in [2.75, 3.05) is 13.2 Å². The molecule has 218 valence electrons. The summed E-state index contributed by atoms with van der Waals surface area (Å²) >= 11 is 0. The Labute approximate surface area is 252 Å². The molecule has 0 bridgehead atoms. The van der Waals surface area contributed by atoms with Crippen LogP contribution in [0.1, 0.15) is 67.2 Å². The number of hydrogen-bond donors (Lipinski definition) is 1.